The molecule has 2 aliphatic carbocycles. The summed E-state index contributed by atoms with van der Waals surface area (Å²) in [5.41, 5.74) is -2.91. The van der Waals surface area contributed by atoms with Crippen LogP contribution in [-0.2, 0) is 34.6 Å². The van der Waals surface area contributed by atoms with E-state index in [0.717, 1.165) is 17.8 Å². The van der Waals surface area contributed by atoms with Gasteiger partial charge in [-0.05, 0) is 36.7 Å². The van der Waals surface area contributed by atoms with Crippen molar-refractivity contribution in [3.8, 4) is 0 Å². The number of para-hydroxylation sites is 1. The number of sulfonamides is 1. The number of anilines is 1. The molecule has 1 aromatic rings. The lowest BCUT2D eigenvalue weighted by atomic mass is 9.70. The summed E-state index contributed by atoms with van der Waals surface area (Å²) < 4.78 is 33.2. The summed E-state index contributed by atoms with van der Waals surface area (Å²) in [6, 6.07) is 6.34. The Hall–Kier alpha value is -2.48. The molecule has 2 fully saturated rings. The van der Waals surface area contributed by atoms with Crippen molar-refractivity contribution in [2.75, 3.05) is 17.2 Å². The number of hydrogen-bond donors (Lipinski definition) is 0. The number of allylic oxidation sites excluding steroid dienone is 1. The highest BCUT2D eigenvalue weighted by molar-refractivity contribution is 7.93. The molecule has 0 unspecified atom stereocenters. The van der Waals surface area contributed by atoms with Gasteiger partial charge in [0.25, 0.3) is 5.91 Å². The minimum Gasteiger partial charge on any atom is -0.468 e. The molecule has 8 heteroatoms. The Labute approximate surface area is 182 Å². The summed E-state index contributed by atoms with van der Waals surface area (Å²) in [5.74, 6) is -2.07. The van der Waals surface area contributed by atoms with Crippen LogP contribution in [-0.4, -0.2) is 38.9 Å². The van der Waals surface area contributed by atoms with Gasteiger partial charge in [0.15, 0.2) is 5.41 Å². The quantitative estimate of drug-likeness (QED) is 0.379. The van der Waals surface area contributed by atoms with E-state index in [9.17, 15) is 22.8 Å². The largest absolute Gasteiger partial charge is 0.468 e. The average Bonchev–Trinajstić information content (AvgIpc) is 3.18. The monoisotopic (exact) mass is 445 g/mol. The lowest BCUT2D eigenvalue weighted by Crippen LogP contribution is -2.52. The summed E-state index contributed by atoms with van der Waals surface area (Å²) in [5, 5.41) is 0. The van der Waals surface area contributed by atoms with Crippen molar-refractivity contribution < 1.29 is 27.5 Å². The van der Waals surface area contributed by atoms with Gasteiger partial charge < -0.3 is 4.74 Å². The van der Waals surface area contributed by atoms with Gasteiger partial charge in [-0.15, -0.1) is 6.58 Å². The van der Waals surface area contributed by atoms with E-state index in [1.165, 1.54) is 12.1 Å². The molecule has 31 heavy (non-hydrogen) atoms. The fraction of sp³-hybridized carbons (Fsp3) is 0.522. The van der Waals surface area contributed by atoms with Crippen molar-refractivity contribution in [2.24, 2.45) is 16.7 Å². The van der Waals surface area contributed by atoms with Crippen LogP contribution in [0.1, 0.15) is 45.1 Å². The van der Waals surface area contributed by atoms with E-state index in [4.69, 9.17) is 4.74 Å². The maximum absolute atomic E-state index is 13.8. The lowest BCUT2D eigenvalue weighted by Gasteiger charge is -2.37. The van der Waals surface area contributed by atoms with E-state index in [0.29, 0.717) is 12.8 Å². The van der Waals surface area contributed by atoms with Crippen LogP contribution in [0.15, 0.2) is 36.9 Å². The highest BCUT2D eigenvalue weighted by Gasteiger charge is 2.67. The average molecular weight is 446 g/mol. The van der Waals surface area contributed by atoms with Gasteiger partial charge in [-0.3, -0.25) is 14.4 Å². The molecule has 1 amide bonds. The molecule has 4 rings (SSSR count). The van der Waals surface area contributed by atoms with E-state index in [2.05, 4.69) is 6.58 Å². The van der Waals surface area contributed by atoms with Crippen LogP contribution in [0.2, 0.25) is 0 Å². The first-order chi connectivity index (χ1) is 14.5. The molecule has 1 heterocycles. The molecule has 3 aliphatic rings. The van der Waals surface area contributed by atoms with E-state index < -0.39 is 43.9 Å². The maximum Gasteiger partial charge on any atom is 0.326 e. The second-order valence-electron chi connectivity index (χ2n) is 9.40. The fourth-order valence-electron chi connectivity index (χ4n) is 6.04. The first-order valence-corrected chi connectivity index (χ1v) is 12.0. The number of fused-ring (bicyclic) bond motifs is 3. The molecule has 0 aromatic heterocycles. The lowest BCUT2D eigenvalue weighted by molar-refractivity contribution is -0.151. The number of ketones is 1. The number of rotatable bonds is 6. The molecule has 0 N–H and O–H groups in total. The van der Waals surface area contributed by atoms with Gasteiger partial charge >= 0.3 is 5.97 Å². The number of carbonyl (C=O) groups excluding carboxylic acids is 3. The Kier molecular flexibility index (Phi) is 4.74. The van der Waals surface area contributed by atoms with Gasteiger partial charge in [0, 0.05) is 12.0 Å². The Morgan fingerprint density at radius 3 is 2.52 bits per heavy atom. The van der Waals surface area contributed by atoms with E-state index >= 15 is 0 Å². The number of ether oxygens (including phenoxy) is 1. The maximum atomic E-state index is 13.8. The van der Waals surface area contributed by atoms with Crippen molar-refractivity contribution in [2.45, 2.75) is 44.9 Å². The summed E-state index contributed by atoms with van der Waals surface area (Å²) in [6.07, 6.45) is 2.96. The highest BCUT2D eigenvalue weighted by Crippen LogP contribution is 2.64. The van der Waals surface area contributed by atoms with Crippen LogP contribution < -0.4 is 4.31 Å². The van der Waals surface area contributed by atoms with Gasteiger partial charge in [-0.2, -0.15) is 0 Å². The molecule has 0 radical (unpaired) electrons. The Bertz CT molecular complexity index is 1110. The Morgan fingerprint density at radius 2 is 1.97 bits per heavy atom. The van der Waals surface area contributed by atoms with Crippen molar-refractivity contribution in [3.05, 3.63) is 42.5 Å². The number of amides is 1. The van der Waals surface area contributed by atoms with E-state index in [1.807, 2.05) is 13.8 Å². The molecule has 7 nitrogen and oxygen atoms in total. The minimum absolute atomic E-state index is 0.0532. The number of methoxy groups -OCH3 is 1. The number of benzene rings is 1. The number of hydrogen-bond acceptors (Lipinski definition) is 6. The van der Waals surface area contributed by atoms with Gasteiger partial charge in [-0.25, -0.2) is 12.7 Å². The molecule has 3 atom stereocenters. The van der Waals surface area contributed by atoms with Crippen LogP contribution >= 0.6 is 0 Å². The van der Waals surface area contributed by atoms with Gasteiger partial charge in [-0.1, -0.05) is 38.1 Å². The van der Waals surface area contributed by atoms with Crippen LogP contribution in [0.5, 0.6) is 0 Å². The molecule has 0 saturated heterocycles. The van der Waals surface area contributed by atoms with Crippen LogP contribution in [0.3, 0.4) is 0 Å². The molecule has 2 saturated carbocycles. The number of carbonyl (C=O) groups is 3. The first-order valence-electron chi connectivity index (χ1n) is 10.4. The van der Waals surface area contributed by atoms with Crippen molar-refractivity contribution in [1.29, 1.82) is 0 Å². The van der Waals surface area contributed by atoms with Crippen LogP contribution in [0, 0.1) is 16.7 Å². The zero-order chi connectivity index (χ0) is 22.8. The second-order valence-corrected chi connectivity index (χ2v) is 11.2. The van der Waals surface area contributed by atoms with Crippen LogP contribution in [0.4, 0.5) is 5.69 Å². The molecular weight excluding hydrogens is 418 g/mol. The standard InChI is InChI=1S/C23H27NO6S/c1-5-11-23(20(27)30-4)16-8-6-7-9-17(16)24(19(23)26)31(28,29)14-22-12-10-15(13-18(22)25)21(22,2)3/h5-9,15H,1,10-14H2,2-4H3/t15-,22+,23+/m1/s1. The topological polar surface area (TPSA) is 97.8 Å². The van der Waals surface area contributed by atoms with E-state index in [-0.39, 0.29) is 29.4 Å². The molecule has 1 aliphatic heterocycles. The zero-order valence-electron chi connectivity index (χ0n) is 18.0. The molecule has 0 spiro atoms. The minimum atomic E-state index is -4.26. The van der Waals surface area contributed by atoms with Crippen molar-refractivity contribution >= 4 is 33.4 Å². The van der Waals surface area contributed by atoms with Gasteiger partial charge in [0.05, 0.1) is 24.0 Å². The zero-order valence-corrected chi connectivity index (χ0v) is 18.8. The van der Waals surface area contributed by atoms with Crippen molar-refractivity contribution in [3.63, 3.8) is 0 Å². The summed E-state index contributed by atoms with van der Waals surface area (Å²) in [7, 11) is -3.10. The predicted octanol–water partition coefficient (Wildman–Crippen LogP) is 2.75. The van der Waals surface area contributed by atoms with Crippen LogP contribution in [0.25, 0.3) is 0 Å². The molecule has 166 valence electrons. The third-order valence-electron chi connectivity index (χ3n) is 7.96. The summed E-state index contributed by atoms with van der Waals surface area (Å²) >= 11 is 0. The van der Waals surface area contributed by atoms with Gasteiger partial charge in [0.1, 0.15) is 5.78 Å². The smallest absolute Gasteiger partial charge is 0.326 e. The predicted molar refractivity (Wildman–Crippen MR) is 115 cm³/mol. The first kappa shape index (κ1) is 21.7. The number of esters is 1. The van der Waals surface area contributed by atoms with E-state index in [1.54, 1.807) is 18.2 Å². The fourth-order valence-corrected chi connectivity index (χ4v) is 8.34. The SMILES string of the molecule is C=CC[C@@]1(C(=O)OC)C(=O)N(S(=O)(=O)C[C@@]23CC[C@H](CC2=O)C3(C)C)c2ccccc21. The summed E-state index contributed by atoms with van der Waals surface area (Å²) in [6.45, 7) is 7.54. The Balaban J connectivity index is 1.85. The normalized spacial score (nSPS) is 31.1. The number of nitrogens with zero attached hydrogens (tertiary/aromatic N) is 1. The highest BCUT2D eigenvalue weighted by atomic mass is 32.2. The Morgan fingerprint density at radius 1 is 1.29 bits per heavy atom. The van der Waals surface area contributed by atoms with Gasteiger partial charge in [0.2, 0.25) is 10.0 Å². The number of Topliss-reactive ketones (excluding diaryl/α,β-unsaturated/α-hetero) is 1. The molecular formula is C23H27NO6S. The molecule has 2 bridgehead atoms. The second kappa shape index (κ2) is 6.76. The van der Waals surface area contributed by atoms with Crippen molar-refractivity contribution in [1.82, 2.24) is 0 Å². The third-order valence-corrected chi connectivity index (χ3v) is 9.74. The molecule has 1 aromatic carbocycles. The third kappa shape index (κ3) is 2.57. The summed E-state index contributed by atoms with van der Waals surface area (Å²) in [4.78, 5) is 39.4.